The highest BCUT2D eigenvalue weighted by atomic mass is 32.2. The van der Waals surface area contributed by atoms with Crippen LogP contribution in [0.3, 0.4) is 0 Å². The molecular formula is C14H30N4O3S. The average Bonchev–Trinajstić information content (AvgIpc) is 2.43. The molecule has 1 amide bonds. The Morgan fingerprint density at radius 3 is 2.64 bits per heavy atom. The molecule has 1 aliphatic heterocycles. The Labute approximate surface area is 134 Å². The quantitative estimate of drug-likeness (QED) is 0.618. The number of carbonyl (C=O) groups excluding carboxylic acids is 1. The van der Waals surface area contributed by atoms with E-state index in [2.05, 4.69) is 14.9 Å². The lowest BCUT2D eigenvalue weighted by atomic mass is 9.96. The molecule has 0 aromatic carbocycles. The van der Waals surface area contributed by atoms with E-state index in [1.807, 2.05) is 27.7 Å². The monoisotopic (exact) mass is 334 g/mol. The van der Waals surface area contributed by atoms with E-state index in [0.29, 0.717) is 13.1 Å². The number of amides is 1. The van der Waals surface area contributed by atoms with Gasteiger partial charge >= 0.3 is 0 Å². The number of hydrogen-bond donors (Lipinski definition) is 3. The molecule has 0 radical (unpaired) electrons. The van der Waals surface area contributed by atoms with Gasteiger partial charge < -0.3 is 5.32 Å². The number of nitrogens with zero attached hydrogens (tertiary/aromatic N) is 1. The fourth-order valence-electron chi connectivity index (χ4n) is 2.54. The lowest BCUT2D eigenvalue weighted by Crippen LogP contribution is -2.54. The first-order valence-electron chi connectivity index (χ1n) is 7.87. The Balaban J connectivity index is 2.55. The normalized spacial score (nSPS) is 22.3. The summed E-state index contributed by atoms with van der Waals surface area (Å²) >= 11 is 0. The Bertz CT molecular complexity index is 478. The summed E-state index contributed by atoms with van der Waals surface area (Å²) in [5, 5.41) is 8.03. The number of nitrogens with one attached hydrogen (secondary N) is 2. The van der Waals surface area contributed by atoms with Crippen LogP contribution in [-0.4, -0.2) is 50.4 Å². The summed E-state index contributed by atoms with van der Waals surface area (Å²) in [5.41, 5.74) is -0.213. The van der Waals surface area contributed by atoms with Crippen LogP contribution in [0.25, 0.3) is 0 Å². The maximum Gasteiger partial charge on any atom is 0.274 e. The molecule has 0 saturated carbocycles. The number of carbonyl (C=O) groups is 1. The summed E-state index contributed by atoms with van der Waals surface area (Å²) in [6.45, 7) is 9.83. The van der Waals surface area contributed by atoms with Gasteiger partial charge in [-0.15, -0.1) is 0 Å². The van der Waals surface area contributed by atoms with Crippen LogP contribution in [-0.2, 0) is 15.0 Å². The van der Waals surface area contributed by atoms with Gasteiger partial charge in [-0.2, -0.15) is 8.42 Å². The predicted octanol–water partition coefficient (Wildman–Crippen LogP) is 0.185. The Kier molecular flexibility index (Phi) is 6.79. The van der Waals surface area contributed by atoms with E-state index >= 15 is 0 Å². The summed E-state index contributed by atoms with van der Waals surface area (Å²) in [7, 11) is -3.65. The molecule has 1 aliphatic rings. The minimum absolute atomic E-state index is 0.0203. The number of rotatable bonds is 7. The fourth-order valence-corrected chi connectivity index (χ4v) is 3.01. The van der Waals surface area contributed by atoms with Gasteiger partial charge in [0, 0.05) is 18.6 Å². The highest BCUT2D eigenvalue weighted by molar-refractivity contribution is 7.87. The van der Waals surface area contributed by atoms with E-state index in [1.54, 1.807) is 0 Å². The Hall–Kier alpha value is -0.700. The van der Waals surface area contributed by atoms with Crippen molar-refractivity contribution in [3.8, 4) is 0 Å². The van der Waals surface area contributed by atoms with E-state index in [4.69, 9.17) is 5.14 Å². The molecule has 0 aromatic rings. The van der Waals surface area contributed by atoms with Crippen molar-refractivity contribution in [2.24, 2.45) is 11.1 Å². The molecular weight excluding hydrogens is 304 g/mol. The SMILES string of the molecule is CCC(C)(C)NC(=O)C(C)N1CCCC(CNS(N)(=O)=O)C1. The van der Waals surface area contributed by atoms with Crippen molar-refractivity contribution >= 4 is 16.1 Å². The molecule has 0 bridgehead atoms. The van der Waals surface area contributed by atoms with E-state index < -0.39 is 10.2 Å². The number of piperidine rings is 1. The van der Waals surface area contributed by atoms with Gasteiger partial charge in [0.15, 0.2) is 0 Å². The van der Waals surface area contributed by atoms with E-state index in [9.17, 15) is 13.2 Å². The first-order chi connectivity index (χ1) is 10.0. The smallest absolute Gasteiger partial charge is 0.274 e. The van der Waals surface area contributed by atoms with Crippen LogP contribution in [0.2, 0.25) is 0 Å². The van der Waals surface area contributed by atoms with Crippen molar-refractivity contribution in [3.05, 3.63) is 0 Å². The van der Waals surface area contributed by atoms with E-state index in [0.717, 1.165) is 25.8 Å². The van der Waals surface area contributed by atoms with Gasteiger partial charge in [-0.05, 0) is 52.5 Å². The zero-order valence-electron chi connectivity index (χ0n) is 14.1. The predicted molar refractivity (Wildman–Crippen MR) is 87.4 cm³/mol. The largest absolute Gasteiger partial charge is 0.350 e. The van der Waals surface area contributed by atoms with E-state index in [-0.39, 0.29) is 23.4 Å². The molecule has 22 heavy (non-hydrogen) atoms. The average molecular weight is 334 g/mol. The van der Waals surface area contributed by atoms with Crippen LogP contribution in [0.5, 0.6) is 0 Å². The summed E-state index contributed by atoms with van der Waals surface area (Å²) < 4.78 is 24.3. The number of hydrogen-bond acceptors (Lipinski definition) is 4. The Morgan fingerprint density at radius 1 is 1.45 bits per heavy atom. The van der Waals surface area contributed by atoms with Crippen LogP contribution >= 0.6 is 0 Å². The van der Waals surface area contributed by atoms with Crippen molar-refractivity contribution in [3.63, 3.8) is 0 Å². The van der Waals surface area contributed by atoms with Gasteiger partial charge in [0.2, 0.25) is 5.91 Å². The lowest BCUT2D eigenvalue weighted by molar-refractivity contribution is -0.128. The van der Waals surface area contributed by atoms with Gasteiger partial charge in [-0.1, -0.05) is 6.92 Å². The summed E-state index contributed by atoms with van der Waals surface area (Å²) in [5.74, 6) is 0.202. The third-order valence-corrected chi connectivity index (χ3v) is 4.97. The fraction of sp³-hybridized carbons (Fsp3) is 0.929. The molecule has 0 aliphatic carbocycles. The molecule has 1 saturated heterocycles. The van der Waals surface area contributed by atoms with Crippen molar-refractivity contribution < 1.29 is 13.2 Å². The zero-order chi connectivity index (χ0) is 17.0. The molecule has 1 rings (SSSR count). The second kappa shape index (κ2) is 7.72. The van der Waals surface area contributed by atoms with Crippen molar-refractivity contribution in [2.45, 2.75) is 58.5 Å². The van der Waals surface area contributed by atoms with Gasteiger partial charge in [0.05, 0.1) is 6.04 Å². The first-order valence-corrected chi connectivity index (χ1v) is 9.42. The molecule has 7 nitrogen and oxygen atoms in total. The number of likely N-dealkylation sites (tertiary alicyclic amines) is 1. The molecule has 8 heteroatoms. The van der Waals surface area contributed by atoms with Crippen molar-refractivity contribution in [2.75, 3.05) is 19.6 Å². The highest BCUT2D eigenvalue weighted by Crippen LogP contribution is 2.19. The molecule has 2 atom stereocenters. The third-order valence-electron chi connectivity index (χ3n) is 4.40. The maximum absolute atomic E-state index is 12.4. The molecule has 0 spiro atoms. The van der Waals surface area contributed by atoms with Crippen LogP contribution in [0.15, 0.2) is 0 Å². The molecule has 1 fully saturated rings. The maximum atomic E-state index is 12.4. The lowest BCUT2D eigenvalue weighted by Gasteiger charge is -2.37. The van der Waals surface area contributed by atoms with Crippen molar-refractivity contribution in [1.82, 2.24) is 14.9 Å². The first kappa shape index (κ1) is 19.3. The standard InChI is InChI=1S/C14H30N4O3S/c1-5-14(3,4)17-13(19)11(2)18-8-6-7-12(10-18)9-16-22(15,20)21/h11-12,16H,5-10H2,1-4H3,(H,17,19)(H2,15,20,21). The molecule has 0 aromatic heterocycles. The topological polar surface area (TPSA) is 105 Å². The van der Waals surface area contributed by atoms with Gasteiger partial charge in [0.25, 0.3) is 10.2 Å². The molecule has 4 N–H and O–H groups in total. The summed E-state index contributed by atoms with van der Waals surface area (Å²) in [6.07, 6.45) is 2.76. The Morgan fingerprint density at radius 2 is 2.09 bits per heavy atom. The van der Waals surface area contributed by atoms with Gasteiger partial charge in [-0.25, -0.2) is 9.86 Å². The van der Waals surface area contributed by atoms with E-state index in [1.165, 1.54) is 0 Å². The summed E-state index contributed by atoms with van der Waals surface area (Å²) in [6, 6.07) is -0.219. The second-order valence-electron chi connectivity index (χ2n) is 6.80. The van der Waals surface area contributed by atoms with Gasteiger partial charge in [-0.3, -0.25) is 9.69 Å². The van der Waals surface area contributed by atoms with Crippen LogP contribution in [0.1, 0.15) is 47.0 Å². The third kappa shape index (κ3) is 6.60. The molecule has 130 valence electrons. The number of nitrogens with two attached hydrogens (primary N) is 1. The second-order valence-corrected chi connectivity index (χ2v) is 8.18. The van der Waals surface area contributed by atoms with Gasteiger partial charge in [0.1, 0.15) is 0 Å². The molecule has 2 unspecified atom stereocenters. The zero-order valence-corrected chi connectivity index (χ0v) is 14.9. The molecule has 1 heterocycles. The minimum Gasteiger partial charge on any atom is -0.350 e. The highest BCUT2D eigenvalue weighted by Gasteiger charge is 2.29. The van der Waals surface area contributed by atoms with Crippen LogP contribution in [0, 0.1) is 5.92 Å². The van der Waals surface area contributed by atoms with Crippen molar-refractivity contribution in [1.29, 1.82) is 0 Å². The minimum atomic E-state index is -3.65. The van der Waals surface area contributed by atoms with Crippen LogP contribution < -0.4 is 15.2 Å². The van der Waals surface area contributed by atoms with Crippen LogP contribution in [0.4, 0.5) is 0 Å². The summed E-state index contributed by atoms with van der Waals surface area (Å²) in [4.78, 5) is 14.5.